The highest BCUT2D eigenvalue weighted by atomic mass is 19.1. The maximum atomic E-state index is 14.8. The number of nitrogens with zero attached hydrogens (tertiary/aromatic N) is 4. The summed E-state index contributed by atoms with van der Waals surface area (Å²) in [6, 6.07) is 14.4. The van der Waals surface area contributed by atoms with E-state index in [-0.39, 0.29) is 36.2 Å². The number of H-pyrrole nitrogens is 1. The number of hydrogen-bond acceptors (Lipinski definition) is 9. The largest absolute Gasteiger partial charge is 0.491 e. The van der Waals surface area contributed by atoms with Gasteiger partial charge in [-0.3, -0.25) is 14.6 Å². The van der Waals surface area contributed by atoms with Gasteiger partial charge in [-0.2, -0.15) is 4.98 Å². The third-order valence-corrected chi connectivity index (χ3v) is 6.70. The first-order valence-corrected chi connectivity index (χ1v) is 14.5. The topological polar surface area (TPSA) is 148 Å². The molecule has 1 unspecified atom stereocenters. The molecule has 4 N–H and O–H groups in total. The standard InChI is InChI=1S/C33H36FN7O4/c1-4-6-28(22(3)34)41(16-15-23-7-13-27(14-8-23)45-19-18-44-17-5-2)32(43)24-9-11-25(12-10-24)36-20-26-21-37-30-29(38-26)31(42)40-33(35)39-30/h2,6-14,21-22,36H,4,15-20H2,1,3H3,(H3,35,37,39,40,42)/b28-6-. The second-order valence-electron chi connectivity index (χ2n) is 10.0. The molecule has 0 saturated heterocycles. The molecule has 234 valence electrons. The monoisotopic (exact) mass is 613 g/mol. The summed E-state index contributed by atoms with van der Waals surface area (Å²) in [7, 11) is 0. The molecule has 2 aromatic heterocycles. The first-order valence-electron chi connectivity index (χ1n) is 14.5. The number of anilines is 2. The van der Waals surface area contributed by atoms with Gasteiger partial charge in [-0.1, -0.05) is 31.1 Å². The van der Waals surface area contributed by atoms with Crippen molar-refractivity contribution in [3.05, 3.63) is 93.7 Å². The molecule has 0 aliphatic carbocycles. The Kier molecular flexibility index (Phi) is 11.6. The fraction of sp³-hybridized carbons (Fsp3) is 0.303. The fourth-order valence-electron chi connectivity index (χ4n) is 4.52. The third-order valence-electron chi connectivity index (χ3n) is 6.70. The van der Waals surface area contributed by atoms with E-state index in [9.17, 15) is 14.0 Å². The van der Waals surface area contributed by atoms with E-state index in [4.69, 9.17) is 21.6 Å². The Morgan fingerprint density at radius 2 is 1.93 bits per heavy atom. The zero-order valence-corrected chi connectivity index (χ0v) is 25.3. The average molecular weight is 614 g/mol. The maximum Gasteiger partial charge on any atom is 0.280 e. The minimum absolute atomic E-state index is 0.0293. The number of rotatable bonds is 15. The predicted molar refractivity (Wildman–Crippen MR) is 171 cm³/mol. The number of hydrogen-bond donors (Lipinski definition) is 3. The van der Waals surface area contributed by atoms with Crippen molar-refractivity contribution in [2.24, 2.45) is 0 Å². The van der Waals surface area contributed by atoms with E-state index < -0.39 is 11.7 Å². The van der Waals surface area contributed by atoms with Crippen molar-refractivity contribution in [2.75, 3.05) is 37.4 Å². The van der Waals surface area contributed by atoms with Gasteiger partial charge in [0.1, 0.15) is 25.1 Å². The van der Waals surface area contributed by atoms with E-state index >= 15 is 0 Å². The average Bonchev–Trinajstić information content (AvgIpc) is 3.04. The number of aromatic nitrogens is 4. The van der Waals surface area contributed by atoms with E-state index in [1.165, 1.54) is 18.0 Å². The van der Waals surface area contributed by atoms with Crippen LogP contribution in [0.3, 0.4) is 0 Å². The van der Waals surface area contributed by atoms with Crippen LogP contribution in [0.25, 0.3) is 11.2 Å². The summed E-state index contributed by atoms with van der Waals surface area (Å²) in [5, 5.41) is 3.20. The molecule has 12 heteroatoms. The zero-order chi connectivity index (χ0) is 32.2. The van der Waals surface area contributed by atoms with E-state index in [2.05, 4.69) is 31.2 Å². The first-order chi connectivity index (χ1) is 21.8. The summed E-state index contributed by atoms with van der Waals surface area (Å²) in [6.45, 7) is 4.92. The molecule has 1 atom stereocenters. The number of nitrogen functional groups attached to an aromatic ring is 1. The number of alkyl halides is 1. The number of ether oxygens (including phenoxy) is 2. The maximum absolute atomic E-state index is 14.8. The molecule has 4 aromatic rings. The minimum atomic E-state index is -1.33. The molecular weight excluding hydrogens is 577 g/mol. The van der Waals surface area contributed by atoms with Crippen molar-refractivity contribution in [1.82, 2.24) is 24.8 Å². The van der Waals surface area contributed by atoms with Crippen LogP contribution >= 0.6 is 0 Å². The van der Waals surface area contributed by atoms with Crippen LogP contribution in [0.15, 0.2) is 71.3 Å². The molecule has 0 bridgehead atoms. The van der Waals surface area contributed by atoms with E-state index in [1.807, 2.05) is 31.2 Å². The third kappa shape index (κ3) is 9.11. The second kappa shape index (κ2) is 16.0. The first kappa shape index (κ1) is 32.6. The van der Waals surface area contributed by atoms with Gasteiger partial charge in [0.05, 0.1) is 30.7 Å². The van der Waals surface area contributed by atoms with Crippen LogP contribution in [0.4, 0.5) is 16.0 Å². The van der Waals surface area contributed by atoms with Gasteiger partial charge < -0.3 is 25.4 Å². The summed E-state index contributed by atoms with van der Waals surface area (Å²) in [6.07, 6.45) is 8.19. The van der Waals surface area contributed by atoms with Crippen molar-refractivity contribution < 1.29 is 18.7 Å². The van der Waals surface area contributed by atoms with Gasteiger partial charge in [-0.25, -0.2) is 14.4 Å². The molecule has 0 aliphatic heterocycles. The van der Waals surface area contributed by atoms with Crippen LogP contribution in [0.2, 0.25) is 0 Å². The Morgan fingerprint density at radius 3 is 2.62 bits per heavy atom. The fourth-order valence-corrected chi connectivity index (χ4v) is 4.52. The van der Waals surface area contributed by atoms with Crippen molar-refractivity contribution in [1.29, 1.82) is 0 Å². The van der Waals surface area contributed by atoms with Gasteiger partial charge in [0, 0.05) is 17.8 Å². The highest BCUT2D eigenvalue weighted by Gasteiger charge is 2.23. The van der Waals surface area contributed by atoms with Crippen LogP contribution in [-0.2, 0) is 17.7 Å². The lowest BCUT2D eigenvalue weighted by Crippen LogP contribution is -2.35. The molecule has 11 nitrogen and oxygen atoms in total. The number of benzene rings is 2. The summed E-state index contributed by atoms with van der Waals surface area (Å²) >= 11 is 0. The number of amides is 1. The highest BCUT2D eigenvalue weighted by molar-refractivity contribution is 5.95. The van der Waals surface area contributed by atoms with Crippen molar-refractivity contribution >= 4 is 28.7 Å². The summed E-state index contributed by atoms with van der Waals surface area (Å²) in [5.74, 6) is 2.77. The van der Waals surface area contributed by atoms with Crippen molar-refractivity contribution in [3.8, 4) is 18.1 Å². The molecule has 0 fully saturated rings. The molecule has 1 amide bonds. The number of allylic oxidation sites excluding steroid dienone is 2. The van der Waals surface area contributed by atoms with E-state index in [0.29, 0.717) is 55.3 Å². The molecule has 45 heavy (non-hydrogen) atoms. The van der Waals surface area contributed by atoms with Gasteiger partial charge in [-0.05, 0) is 61.7 Å². The number of nitrogens with one attached hydrogen (secondary N) is 2. The summed E-state index contributed by atoms with van der Waals surface area (Å²) in [5.41, 5.74) is 8.31. The molecular formula is C33H36FN7O4. The lowest BCUT2D eigenvalue weighted by atomic mass is 10.1. The Bertz CT molecular complexity index is 1710. The van der Waals surface area contributed by atoms with E-state index in [0.717, 1.165) is 11.3 Å². The number of halogens is 1. The predicted octanol–water partition coefficient (Wildman–Crippen LogP) is 4.27. The van der Waals surface area contributed by atoms with Crippen LogP contribution in [0, 0.1) is 12.3 Å². The zero-order valence-electron chi connectivity index (χ0n) is 25.3. The summed E-state index contributed by atoms with van der Waals surface area (Å²) in [4.78, 5) is 42.2. The lowest BCUT2D eigenvalue weighted by Gasteiger charge is -2.27. The van der Waals surface area contributed by atoms with Crippen LogP contribution in [0.5, 0.6) is 5.75 Å². The Hall–Kier alpha value is -5.28. The van der Waals surface area contributed by atoms with E-state index in [1.54, 1.807) is 30.3 Å². The van der Waals surface area contributed by atoms with Gasteiger partial charge in [-0.15, -0.1) is 6.42 Å². The molecule has 2 heterocycles. The molecule has 0 radical (unpaired) electrons. The Labute approximate surface area is 260 Å². The van der Waals surface area contributed by atoms with Crippen LogP contribution in [-0.4, -0.2) is 63.3 Å². The number of nitrogens with two attached hydrogens (primary N) is 1. The molecule has 4 rings (SSSR count). The quantitative estimate of drug-likeness (QED) is 0.132. The number of terminal acetylenes is 1. The molecule has 0 aliphatic rings. The van der Waals surface area contributed by atoms with Crippen molar-refractivity contribution in [2.45, 2.75) is 39.4 Å². The summed E-state index contributed by atoms with van der Waals surface area (Å²) < 4.78 is 25.6. The molecule has 2 aromatic carbocycles. The van der Waals surface area contributed by atoms with Crippen LogP contribution in [0.1, 0.15) is 41.9 Å². The minimum Gasteiger partial charge on any atom is -0.491 e. The highest BCUT2D eigenvalue weighted by Crippen LogP contribution is 2.21. The Morgan fingerprint density at radius 1 is 1.18 bits per heavy atom. The number of fused-ring (bicyclic) bond motifs is 1. The molecule has 0 saturated carbocycles. The van der Waals surface area contributed by atoms with Gasteiger partial charge in [0.25, 0.3) is 11.5 Å². The van der Waals surface area contributed by atoms with Gasteiger partial charge in [0.2, 0.25) is 5.95 Å². The normalized spacial score (nSPS) is 12.0. The van der Waals surface area contributed by atoms with Gasteiger partial charge in [0.15, 0.2) is 11.2 Å². The van der Waals surface area contributed by atoms with Crippen molar-refractivity contribution in [3.63, 3.8) is 0 Å². The smallest absolute Gasteiger partial charge is 0.280 e. The SMILES string of the molecule is C#CCOCCOc1ccc(CCN(C(=O)c2ccc(NCc3cnc4nc(N)[nH]c(=O)c4n3)cc2)/C(=C\CC)C(C)F)cc1. The lowest BCUT2D eigenvalue weighted by molar-refractivity contribution is 0.0783. The van der Waals surface area contributed by atoms with Gasteiger partial charge >= 0.3 is 0 Å². The Balaban J connectivity index is 1.41. The number of aromatic amines is 1. The second-order valence-corrected chi connectivity index (χ2v) is 10.0. The van der Waals surface area contributed by atoms with Crippen LogP contribution < -0.4 is 21.3 Å². The number of carbonyl (C=O) groups excluding carboxylic acids is 1. The number of carbonyl (C=O) groups is 1. The molecule has 0 spiro atoms.